The van der Waals surface area contributed by atoms with E-state index >= 15 is 0 Å². The van der Waals surface area contributed by atoms with Crippen molar-refractivity contribution in [2.45, 2.75) is 58.5 Å². The van der Waals surface area contributed by atoms with Crippen LogP contribution in [0.1, 0.15) is 52.9 Å². The van der Waals surface area contributed by atoms with E-state index in [-0.39, 0.29) is 12.5 Å². The number of nitrogens with one attached hydrogen (secondary N) is 1. The van der Waals surface area contributed by atoms with E-state index in [1.807, 2.05) is 0 Å². The highest BCUT2D eigenvalue weighted by Crippen LogP contribution is 2.29. The van der Waals surface area contributed by atoms with E-state index in [9.17, 15) is 9.90 Å². The van der Waals surface area contributed by atoms with E-state index in [2.05, 4.69) is 5.48 Å². The number of aliphatic hydroxyl groups excluding tert-OH is 1. The van der Waals surface area contributed by atoms with Gasteiger partial charge < -0.3 is 9.84 Å². The van der Waals surface area contributed by atoms with Crippen LogP contribution in [0.3, 0.4) is 0 Å². The minimum atomic E-state index is -0.590. The van der Waals surface area contributed by atoms with Gasteiger partial charge in [-0.15, -0.1) is 0 Å². The monoisotopic (exact) mass is 273 g/mol. The summed E-state index contributed by atoms with van der Waals surface area (Å²) in [4.78, 5) is 16.5. The molecule has 1 amide bonds. The van der Waals surface area contributed by atoms with Gasteiger partial charge in [0.2, 0.25) is 0 Å². The topological polar surface area (TPSA) is 67.8 Å². The zero-order chi connectivity index (χ0) is 14.3. The largest absolute Gasteiger partial charge is 0.442 e. The zero-order valence-electron chi connectivity index (χ0n) is 12.3. The first-order chi connectivity index (χ1) is 8.92. The molecule has 0 heterocycles. The molecule has 1 saturated carbocycles. The fraction of sp³-hybridized carbons (Fsp3) is 0.929. The molecule has 19 heavy (non-hydrogen) atoms. The van der Waals surface area contributed by atoms with Crippen LogP contribution in [0.4, 0.5) is 4.79 Å². The number of ether oxygens (including phenoxy) is 1. The summed E-state index contributed by atoms with van der Waals surface area (Å²) in [5.41, 5.74) is 1.74. The van der Waals surface area contributed by atoms with Crippen molar-refractivity contribution in [2.75, 3.05) is 13.2 Å². The molecule has 1 aliphatic rings. The standard InChI is InChI=1S/C14H27NO4/c1-14(2,3)19-13(17)15-18-10-12(9-16)11-7-5-4-6-8-11/h11-12,16H,4-10H2,1-3H3,(H,15,17). The van der Waals surface area contributed by atoms with Crippen molar-refractivity contribution in [3.05, 3.63) is 0 Å². The highest BCUT2D eigenvalue weighted by molar-refractivity contribution is 5.66. The Balaban J connectivity index is 2.23. The van der Waals surface area contributed by atoms with Gasteiger partial charge in [-0.2, -0.15) is 5.48 Å². The van der Waals surface area contributed by atoms with E-state index in [4.69, 9.17) is 9.57 Å². The fourth-order valence-electron chi connectivity index (χ4n) is 2.45. The maximum Gasteiger partial charge on any atom is 0.431 e. The van der Waals surface area contributed by atoms with Crippen molar-refractivity contribution in [3.63, 3.8) is 0 Å². The van der Waals surface area contributed by atoms with Crippen LogP contribution in [-0.2, 0) is 9.57 Å². The SMILES string of the molecule is CC(C)(C)OC(=O)NOCC(CO)C1CCCCC1. The molecule has 1 unspecified atom stereocenters. The normalized spacial score (nSPS) is 18.9. The molecule has 0 radical (unpaired) electrons. The van der Waals surface area contributed by atoms with E-state index in [1.54, 1.807) is 20.8 Å². The summed E-state index contributed by atoms with van der Waals surface area (Å²) in [5, 5.41) is 9.41. The number of amides is 1. The van der Waals surface area contributed by atoms with E-state index in [0.717, 1.165) is 12.8 Å². The van der Waals surface area contributed by atoms with Gasteiger partial charge in [0.15, 0.2) is 0 Å². The summed E-state index contributed by atoms with van der Waals surface area (Å²) in [6.07, 6.45) is 5.42. The van der Waals surface area contributed by atoms with E-state index in [0.29, 0.717) is 12.5 Å². The van der Waals surface area contributed by atoms with Gasteiger partial charge >= 0.3 is 6.09 Å². The molecule has 0 aromatic heterocycles. The Morgan fingerprint density at radius 2 is 1.95 bits per heavy atom. The first-order valence-corrected chi connectivity index (χ1v) is 7.14. The Bertz CT molecular complexity index is 269. The molecule has 0 saturated heterocycles. The van der Waals surface area contributed by atoms with Crippen LogP contribution in [0.2, 0.25) is 0 Å². The first-order valence-electron chi connectivity index (χ1n) is 7.14. The van der Waals surface area contributed by atoms with Gasteiger partial charge in [-0.1, -0.05) is 32.1 Å². The summed E-state index contributed by atoms with van der Waals surface area (Å²) in [5.74, 6) is 0.592. The average Bonchev–Trinajstić information content (AvgIpc) is 2.33. The molecular weight excluding hydrogens is 246 g/mol. The minimum Gasteiger partial charge on any atom is -0.442 e. The molecule has 5 nitrogen and oxygen atoms in total. The molecular formula is C14H27NO4. The second-order valence-corrected chi connectivity index (χ2v) is 6.26. The van der Waals surface area contributed by atoms with Crippen molar-refractivity contribution >= 4 is 6.09 Å². The highest BCUT2D eigenvalue weighted by atomic mass is 16.7. The van der Waals surface area contributed by atoms with Gasteiger partial charge in [-0.25, -0.2) is 4.79 Å². The number of carbonyl (C=O) groups is 1. The Labute approximate surface area is 115 Å². The Morgan fingerprint density at radius 3 is 2.47 bits per heavy atom. The van der Waals surface area contributed by atoms with Gasteiger partial charge in [-0.05, 0) is 26.7 Å². The predicted molar refractivity (Wildman–Crippen MR) is 72.5 cm³/mol. The average molecular weight is 273 g/mol. The van der Waals surface area contributed by atoms with Crippen molar-refractivity contribution in [1.82, 2.24) is 5.48 Å². The van der Waals surface area contributed by atoms with E-state index < -0.39 is 11.7 Å². The molecule has 0 aliphatic heterocycles. The lowest BCUT2D eigenvalue weighted by atomic mass is 9.81. The van der Waals surface area contributed by atoms with Crippen LogP contribution in [0, 0.1) is 11.8 Å². The lowest BCUT2D eigenvalue weighted by Gasteiger charge is -2.28. The molecule has 1 atom stereocenters. The quantitative estimate of drug-likeness (QED) is 0.756. The van der Waals surface area contributed by atoms with Crippen LogP contribution < -0.4 is 5.48 Å². The van der Waals surface area contributed by atoms with Gasteiger partial charge in [0, 0.05) is 12.5 Å². The van der Waals surface area contributed by atoms with Crippen molar-refractivity contribution in [2.24, 2.45) is 11.8 Å². The van der Waals surface area contributed by atoms with Gasteiger partial charge in [0.05, 0.1) is 6.61 Å². The minimum absolute atomic E-state index is 0.0928. The number of hydrogen-bond acceptors (Lipinski definition) is 4. The van der Waals surface area contributed by atoms with Crippen LogP contribution in [0.15, 0.2) is 0 Å². The molecule has 5 heteroatoms. The summed E-state index contributed by atoms with van der Waals surface area (Å²) in [6, 6.07) is 0. The number of hydrogen-bond donors (Lipinski definition) is 2. The third-order valence-corrected chi connectivity index (χ3v) is 3.40. The highest BCUT2D eigenvalue weighted by Gasteiger charge is 2.24. The summed E-state index contributed by atoms with van der Waals surface area (Å²) >= 11 is 0. The second-order valence-electron chi connectivity index (χ2n) is 6.26. The van der Waals surface area contributed by atoms with Crippen molar-refractivity contribution < 1.29 is 19.5 Å². The Morgan fingerprint density at radius 1 is 1.32 bits per heavy atom. The fourth-order valence-corrected chi connectivity index (χ4v) is 2.45. The summed E-state index contributed by atoms with van der Waals surface area (Å²) < 4.78 is 5.06. The van der Waals surface area contributed by atoms with Crippen LogP contribution in [0.5, 0.6) is 0 Å². The smallest absolute Gasteiger partial charge is 0.431 e. The Kier molecular flexibility index (Phi) is 6.58. The molecule has 2 N–H and O–H groups in total. The van der Waals surface area contributed by atoms with E-state index in [1.165, 1.54) is 19.3 Å². The molecule has 1 aliphatic carbocycles. The van der Waals surface area contributed by atoms with Gasteiger partial charge in [0.1, 0.15) is 5.60 Å². The van der Waals surface area contributed by atoms with Crippen LogP contribution >= 0.6 is 0 Å². The number of rotatable bonds is 5. The van der Waals surface area contributed by atoms with Crippen LogP contribution in [-0.4, -0.2) is 30.0 Å². The molecule has 1 fully saturated rings. The third kappa shape index (κ3) is 6.78. The summed E-state index contributed by atoms with van der Waals surface area (Å²) in [6.45, 7) is 5.82. The number of aliphatic hydroxyl groups is 1. The van der Waals surface area contributed by atoms with Crippen LogP contribution in [0.25, 0.3) is 0 Å². The first kappa shape index (κ1) is 16.2. The zero-order valence-corrected chi connectivity index (χ0v) is 12.3. The molecule has 0 bridgehead atoms. The Hall–Kier alpha value is -0.810. The molecule has 0 spiro atoms. The maximum atomic E-state index is 11.4. The molecule has 112 valence electrons. The van der Waals surface area contributed by atoms with Crippen molar-refractivity contribution in [1.29, 1.82) is 0 Å². The maximum absolute atomic E-state index is 11.4. The molecule has 0 aromatic rings. The van der Waals surface area contributed by atoms with Crippen molar-refractivity contribution in [3.8, 4) is 0 Å². The second kappa shape index (κ2) is 7.70. The van der Waals surface area contributed by atoms with Gasteiger partial charge in [0.25, 0.3) is 0 Å². The summed E-state index contributed by atoms with van der Waals surface area (Å²) in [7, 11) is 0. The lowest BCUT2D eigenvalue weighted by Crippen LogP contribution is -2.35. The number of carbonyl (C=O) groups excluding carboxylic acids is 1. The predicted octanol–water partition coefficient (Wildman–Crippen LogP) is 2.63. The lowest BCUT2D eigenvalue weighted by molar-refractivity contribution is -0.0347. The molecule has 1 rings (SSSR count). The molecule has 0 aromatic carbocycles. The third-order valence-electron chi connectivity index (χ3n) is 3.40. The number of hydroxylamine groups is 1. The van der Waals surface area contributed by atoms with Gasteiger partial charge in [-0.3, -0.25) is 4.84 Å².